The van der Waals surface area contributed by atoms with Gasteiger partial charge in [-0.15, -0.1) is 35.9 Å². The monoisotopic (exact) mass is 1530 g/mol. The van der Waals surface area contributed by atoms with Crippen molar-refractivity contribution in [2.45, 2.75) is 34.2 Å². The van der Waals surface area contributed by atoms with E-state index in [1.807, 2.05) is 27.0 Å². The number of aryl methyl sites for hydroxylation is 6. The average Bonchev–Trinajstić information content (AvgIpc) is 3.83. The zero-order valence-electron chi connectivity index (χ0n) is 38.9. The summed E-state index contributed by atoms with van der Waals surface area (Å²) < 4.78 is 82.1. The number of aromatic nitrogens is 8. The van der Waals surface area contributed by atoms with Crippen LogP contribution in [0.15, 0.2) is 91.4 Å². The molecule has 8 rings (SSSR count). The van der Waals surface area contributed by atoms with Crippen molar-refractivity contribution in [2.24, 2.45) is 14.1 Å². The van der Waals surface area contributed by atoms with Crippen molar-refractivity contribution in [3.05, 3.63) is 196 Å². The van der Waals surface area contributed by atoms with Crippen LogP contribution in [0.5, 0.6) is 0 Å². The number of hydrogen-bond donors (Lipinski definition) is 3. The van der Waals surface area contributed by atoms with Gasteiger partial charge in [0.05, 0.1) is 6.57 Å². The Morgan fingerprint density at radius 3 is 1.54 bits per heavy atom. The molecule has 2 aromatic carbocycles. The SMILES string of the molecule is CNCc1ccnc(-c2[c-]cc(F)cc2F)c1.Cc1cc(C(=O)O)nn1C.Cc1cc(C(=O)O)nn1C.Cc1ccnc(-c2[c-]cc(F)nc2F)c1.[C-]#[N+]c1c(F)c[c-]c(-c2cc(C)ccn2)c1F.[Ir].[Ir].[Ir]. The summed E-state index contributed by atoms with van der Waals surface area (Å²) >= 11 is 0. The third-order valence-corrected chi connectivity index (χ3v) is 9.18. The summed E-state index contributed by atoms with van der Waals surface area (Å²) in [5.41, 5.74) is 5.56. The molecule has 8 aromatic rings. The summed E-state index contributed by atoms with van der Waals surface area (Å²) in [6.07, 6.45) is 4.68. The summed E-state index contributed by atoms with van der Waals surface area (Å²) in [5, 5.41) is 27.3. The molecule has 0 atom stereocenters. The largest absolute Gasteiger partial charge is 0.476 e. The van der Waals surface area contributed by atoms with Crippen LogP contribution in [0.1, 0.15) is 49.1 Å². The van der Waals surface area contributed by atoms with E-state index >= 15 is 0 Å². The van der Waals surface area contributed by atoms with Crippen LogP contribution in [-0.2, 0) is 81.0 Å². The summed E-state index contributed by atoms with van der Waals surface area (Å²) in [6.45, 7) is 14.7. The molecule has 0 aliphatic heterocycles. The first-order valence-electron chi connectivity index (χ1n) is 20.0. The van der Waals surface area contributed by atoms with E-state index in [-0.39, 0.29) is 88.4 Å². The molecule has 0 aliphatic rings. The van der Waals surface area contributed by atoms with Crippen LogP contribution in [0.25, 0.3) is 38.6 Å². The third kappa shape index (κ3) is 18.5. The number of hydrogen-bond acceptors (Lipinski definition) is 9. The number of pyridine rings is 4. The molecule has 0 aliphatic carbocycles. The summed E-state index contributed by atoms with van der Waals surface area (Å²) in [6, 6.07) is 24.9. The molecule has 383 valence electrons. The second-order valence-corrected chi connectivity index (χ2v) is 14.4. The van der Waals surface area contributed by atoms with E-state index in [0.717, 1.165) is 52.3 Å². The molecule has 0 amide bonds. The van der Waals surface area contributed by atoms with Gasteiger partial charge in [-0.1, -0.05) is 52.6 Å². The van der Waals surface area contributed by atoms with E-state index < -0.39 is 52.8 Å². The molecule has 6 heterocycles. The minimum atomic E-state index is -0.983. The van der Waals surface area contributed by atoms with E-state index in [9.17, 15) is 35.9 Å². The molecule has 0 fully saturated rings. The number of carboxylic acid groups (broad SMARTS) is 2. The van der Waals surface area contributed by atoms with Crippen LogP contribution in [0.3, 0.4) is 0 Å². The second kappa shape index (κ2) is 30.3. The topological polar surface area (TPSA) is 178 Å². The number of nitrogens with zero attached hydrogens (tertiary/aromatic N) is 9. The van der Waals surface area contributed by atoms with Gasteiger partial charge < -0.3 is 30.5 Å². The molecule has 0 spiro atoms. The summed E-state index contributed by atoms with van der Waals surface area (Å²) in [5.74, 6) is -6.87. The van der Waals surface area contributed by atoms with E-state index in [1.54, 1.807) is 70.7 Å². The Morgan fingerprint density at radius 1 is 0.653 bits per heavy atom. The molecule has 6 aromatic heterocycles. The van der Waals surface area contributed by atoms with E-state index in [2.05, 4.69) is 58.5 Å². The zero-order chi connectivity index (χ0) is 50.9. The minimum absolute atomic E-state index is 0. The maximum absolute atomic E-state index is 13.8. The average molecular weight is 1520 g/mol. The van der Waals surface area contributed by atoms with Crippen molar-refractivity contribution in [3.63, 3.8) is 0 Å². The number of carboxylic acids is 2. The first kappa shape index (κ1) is 63.4. The molecule has 23 heteroatoms. The van der Waals surface area contributed by atoms with Crippen molar-refractivity contribution in [3.8, 4) is 33.8 Å². The van der Waals surface area contributed by atoms with Gasteiger partial charge in [0.15, 0.2) is 17.1 Å². The van der Waals surface area contributed by atoms with Crippen molar-refractivity contribution < 1.29 is 106 Å². The Labute approximate surface area is 450 Å². The van der Waals surface area contributed by atoms with E-state index in [0.29, 0.717) is 23.6 Å². The molecule has 0 saturated carbocycles. The standard InChI is InChI=1S/C13H7F2N2.C13H11F2N2.C11H7F2N2.2C6H8N2O2.3Ir/c1-8-5-6-17-11(7-8)9-3-4-10(14)13(16-2)12(9)15;1-16-8-9-4-5-17-13(6-9)11-3-2-10(14)7-12(11)15;1-7-4-5-14-9(6-7)8-2-3-10(12)15-11(8)13;2*1-4-3-5(6(9)10)7-8(4)2;;;/h4-7H,1H3;2,4-7,16H,8H2,1H3;3-6H,1H3;2*3H,1-2H3,(H,9,10);;;/q3*-1;;;;;. The Hall–Kier alpha value is -6.62. The molecule has 0 bridgehead atoms. The Balaban J connectivity index is 0.000000453. The van der Waals surface area contributed by atoms with Crippen LogP contribution in [0.2, 0.25) is 0 Å². The molecule has 3 radical (unpaired) electrons. The third-order valence-electron chi connectivity index (χ3n) is 9.18. The summed E-state index contributed by atoms with van der Waals surface area (Å²) in [7, 11) is 5.24. The normalized spacial score (nSPS) is 9.72. The van der Waals surface area contributed by atoms with E-state index in [4.69, 9.17) is 16.8 Å². The molecule has 72 heavy (non-hydrogen) atoms. The fourth-order valence-electron chi connectivity index (χ4n) is 5.57. The van der Waals surface area contributed by atoms with Crippen LogP contribution < -0.4 is 5.32 Å². The summed E-state index contributed by atoms with van der Waals surface area (Å²) in [4.78, 5) is 38.5. The Morgan fingerprint density at radius 2 is 1.12 bits per heavy atom. The van der Waals surface area contributed by atoms with Crippen LogP contribution in [0, 0.1) is 87.6 Å². The molecule has 0 saturated heterocycles. The quantitative estimate of drug-likeness (QED) is 0.0787. The van der Waals surface area contributed by atoms with Crippen LogP contribution in [-0.4, -0.2) is 68.7 Å². The zero-order valence-corrected chi connectivity index (χ0v) is 46.1. The second-order valence-electron chi connectivity index (χ2n) is 14.4. The van der Waals surface area contributed by atoms with Gasteiger partial charge in [-0.05, 0) is 87.7 Å². The van der Waals surface area contributed by atoms with Gasteiger partial charge in [-0.3, -0.25) is 36.8 Å². The van der Waals surface area contributed by atoms with Gasteiger partial charge in [0.1, 0.15) is 11.9 Å². The van der Waals surface area contributed by atoms with Gasteiger partial charge in [0.2, 0.25) is 0 Å². The Kier molecular flexibility index (Phi) is 26.7. The fraction of sp³-hybridized carbons (Fsp3) is 0.163. The molecular formula is C49H41F6Ir3N10O4-3. The van der Waals surface area contributed by atoms with Crippen LogP contribution >= 0.6 is 0 Å². The van der Waals surface area contributed by atoms with Crippen molar-refractivity contribution in [1.29, 1.82) is 0 Å². The van der Waals surface area contributed by atoms with E-state index in [1.165, 1.54) is 27.7 Å². The maximum Gasteiger partial charge on any atom is 0.356 e. The first-order valence-corrected chi connectivity index (χ1v) is 20.0. The number of benzene rings is 2. The number of carbonyl (C=O) groups is 2. The van der Waals surface area contributed by atoms with Crippen molar-refractivity contribution in [2.75, 3.05) is 7.05 Å². The number of halogens is 6. The molecule has 0 unspecified atom stereocenters. The fourth-order valence-corrected chi connectivity index (χ4v) is 5.57. The first-order chi connectivity index (χ1) is 32.7. The van der Waals surface area contributed by atoms with Gasteiger partial charge >= 0.3 is 11.9 Å². The number of rotatable bonds is 7. The van der Waals surface area contributed by atoms with Gasteiger partial charge in [-0.2, -0.15) is 10.2 Å². The van der Waals surface area contributed by atoms with Gasteiger partial charge in [-0.25, -0.2) is 18.4 Å². The van der Waals surface area contributed by atoms with Crippen molar-refractivity contribution >= 4 is 17.6 Å². The van der Waals surface area contributed by atoms with Crippen molar-refractivity contribution in [1.82, 2.24) is 44.8 Å². The van der Waals surface area contributed by atoms with Gasteiger partial charge in [0.25, 0.3) is 0 Å². The van der Waals surface area contributed by atoms with Crippen LogP contribution in [0.4, 0.5) is 32.0 Å². The van der Waals surface area contributed by atoms with Gasteiger partial charge in [0, 0.05) is 134 Å². The number of aromatic carboxylic acids is 2. The predicted octanol–water partition coefficient (Wildman–Crippen LogP) is 9.61. The molecular weight excluding hydrogens is 1480 g/mol. The Bertz CT molecular complexity index is 3040. The minimum Gasteiger partial charge on any atom is -0.476 e. The smallest absolute Gasteiger partial charge is 0.356 e. The maximum atomic E-state index is 13.8. The molecule has 3 N–H and O–H groups in total. The number of nitrogens with one attached hydrogen (secondary N) is 1. The predicted molar refractivity (Wildman–Crippen MR) is 241 cm³/mol. The molecule has 14 nitrogen and oxygen atoms in total.